The van der Waals surface area contributed by atoms with E-state index < -0.39 is 0 Å². The molecule has 0 unspecified atom stereocenters. The lowest BCUT2D eigenvalue weighted by molar-refractivity contribution is 0.140. The van der Waals surface area contributed by atoms with E-state index in [2.05, 4.69) is 56.5 Å². The van der Waals surface area contributed by atoms with Gasteiger partial charge in [-0.1, -0.05) is 30.3 Å². The van der Waals surface area contributed by atoms with Gasteiger partial charge in [0.05, 0.1) is 11.8 Å². The maximum atomic E-state index is 10.4. The van der Waals surface area contributed by atoms with E-state index in [1.54, 1.807) is 6.20 Å². The van der Waals surface area contributed by atoms with Crippen molar-refractivity contribution in [3.8, 4) is 11.1 Å². The van der Waals surface area contributed by atoms with Crippen molar-refractivity contribution in [1.29, 1.82) is 0 Å². The fraction of sp³-hybridized carbons (Fsp3) is 0.333. The molecule has 1 aromatic carbocycles. The molecule has 0 amide bonds. The number of aliphatic hydroxyl groups is 1. The minimum absolute atomic E-state index is 0.243. The van der Waals surface area contributed by atoms with Crippen molar-refractivity contribution in [2.24, 2.45) is 5.92 Å². The van der Waals surface area contributed by atoms with Crippen LogP contribution in [0.1, 0.15) is 17.0 Å². The number of rotatable bonds is 5. The second kappa shape index (κ2) is 7.40. The highest BCUT2D eigenvalue weighted by Gasteiger charge is 2.31. The third-order valence-electron chi connectivity index (χ3n) is 5.07. The topological polar surface area (TPSA) is 65.0 Å². The van der Waals surface area contributed by atoms with E-state index >= 15 is 0 Å². The van der Waals surface area contributed by atoms with E-state index in [4.69, 9.17) is 0 Å². The second-order valence-corrected chi connectivity index (χ2v) is 7.21. The fourth-order valence-corrected chi connectivity index (χ4v) is 3.71. The first-order valence-corrected chi connectivity index (χ1v) is 9.08. The Bertz CT molecular complexity index is 844. The fourth-order valence-electron chi connectivity index (χ4n) is 3.71. The van der Waals surface area contributed by atoms with Crippen molar-refractivity contribution >= 4 is 0 Å². The molecule has 5 heteroatoms. The maximum absolute atomic E-state index is 10.4. The van der Waals surface area contributed by atoms with E-state index in [0.29, 0.717) is 0 Å². The Morgan fingerprint density at radius 3 is 2.69 bits per heavy atom. The number of benzene rings is 1. The molecule has 0 saturated carbocycles. The van der Waals surface area contributed by atoms with Crippen molar-refractivity contribution in [1.82, 2.24) is 20.1 Å². The van der Waals surface area contributed by atoms with Crippen LogP contribution >= 0.6 is 0 Å². The predicted molar refractivity (Wildman–Crippen MR) is 101 cm³/mol. The van der Waals surface area contributed by atoms with Gasteiger partial charge in [0.25, 0.3) is 0 Å². The van der Waals surface area contributed by atoms with Crippen molar-refractivity contribution in [2.45, 2.75) is 26.0 Å². The molecule has 2 atom stereocenters. The molecule has 0 bridgehead atoms. The van der Waals surface area contributed by atoms with Crippen molar-refractivity contribution < 1.29 is 5.11 Å². The van der Waals surface area contributed by atoms with Crippen molar-refractivity contribution in [2.75, 3.05) is 13.1 Å². The van der Waals surface area contributed by atoms with Gasteiger partial charge in [0.1, 0.15) is 0 Å². The van der Waals surface area contributed by atoms with Gasteiger partial charge in [-0.25, -0.2) is 0 Å². The number of β-amino-alcohol motifs (C(OH)–C–C–N with tert-alkyl or cyclic N) is 1. The highest BCUT2D eigenvalue weighted by Crippen LogP contribution is 2.24. The minimum Gasteiger partial charge on any atom is -0.391 e. The van der Waals surface area contributed by atoms with Gasteiger partial charge < -0.3 is 5.11 Å². The molecule has 134 valence electrons. The molecule has 26 heavy (non-hydrogen) atoms. The highest BCUT2D eigenvalue weighted by atomic mass is 16.3. The van der Waals surface area contributed by atoms with Crippen LogP contribution in [0.5, 0.6) is 0 Å². The smallest absolute Gasteiger partial charge is 0.0711 e. The van der Waals surface area contributed by atoms with Crippen LogP contribution in [0.2, 0.25) is 0 Å². The number of aromatic nitrogens is 3. The van der Waals surface area contributed by atoms with Crippen LogP contribution in [0.25, 0.3) is 11.1 Å². The molecular formula is C21H24N4O. The van der Waals surface area contributed by atoms with Crippen LogP contribution in [0.4, 0.5) is 0 Å². The average Bonchev–Trinajstić information content (AvgIpc) is 3.22. The number of nitrogens with one attached hydrogen (secondary N) is 1. The summed E-state index contributed by atoms with van der Waals surface area (Å²) in [7, 11) is 0. The Morgan fingerprint density at radius 2 is 2.00 bits per heavy atom. The maximum Gasteiger partial charge on any atom is 0.0711 e. The summed E-state index contributed by atoms with van der Waals surface area (Å²) in [6.07, 6.45) is 4.20. The van der Waals surface area contributed by atoms with Crippen LogP contribution in [0, 0.1) is 12.8 Å². The second-order valence-electron chi connectivity index (χ2n) is 7.21. The number of hydrogen-bond donors (Lipinski definition) is 2. The summed E-state index contributed by atoms with van der Waals surface area (Å²) < 4.78 is 0. The molecule has 0 radical (unpaired) electrons. The number of pyridine rings is 1. The van der Waals surface area contributed by atoms with Crippen LogP contribution < -0.4 is 0 Å². The molecule has 2 N–H and O–H groups in total. The Balaban J connectivity index is 1.37. The molecule has 5 nitrogen and oxygen atoms in total. The average molecular weight is 348 g/mol. The summed E-state index contributed by atoms with van der Waals surface area (Å²) in [6.45, 7) is 4.49. The molecular weight excluding hydrogens is 324 g/mol. The SMILES string of the molecule is Cc1cc(C[C@@H]2CN(Cc3ccc(-c4cccnc4)cc3)C[C@@H]2O)n[nH]1. The van der Waals surface area contributed by atoms with Gasteiger partial charge in [-0.2, -0.15) is 5.10 Å². The third-order valence-corrected chi connectivity index (χ3v) is 5.07. The predicted octanol–water partition coefficient (Wildman–Crippen LogP) is 2.82. The lowest BCUT2D eigenvalue weighted by Crippen LogP contribution is -2.21. The van der Waals surface area contributed by atoms with E-state index in [0.717, 1.165) is 43.0 Å². The molecule has 0 aliphatic carbocycles. The van der Waals surface area contributed by atoms with Crippen LogP contribution in [-0.2, 0) is 13.0 Å². The highest BCUT2D eigenvalue weighted by molar-refractivity contribution is 5.62. The van der Waals surface area contributed by atoms with E-state index in [1.165, 1.54) is 11.1 Å². The van der Waals surface area contributed by atoms with Crippen LogP contribution in [0.3, 0.4) is 0 Å². The van der Waals surface area contributed by atoms with Gasteiger partial charge in [-0.05, 0) is 42.2 Å². The summed E-state index contributed by atoms with van der Waals surface area (Å²) in [5.74, 6) is 0.243. The zero-order valence-electron chi connectivity index (χ0n) is 15.0. The normalized spacial score (nSPS) is 20.5. The molecule has 1 fully saturated rings. The van der Waals surface area contributed by atoms with E-state index in [-0.39, 0.29) is 12.0 Å². The lowest BCUT2D eigenvalue weighted by atomic mass is 10.00. The molecule has 0 spiro atoms. The Kier molecular flexibility index (Phi) is 4.82. The number of aryl methyl sites for hydroxylation is 1. The first kappa shape index (κ1) is 16.9. The summed E-state index contributed by atoms with van der Waals surface area (Å²) in [4.78, 5) is 6.50. The zero-order valence-corrected chi connectivity index (χ0v) is 15.0. The van der Waals surface area contributed by atoms with Crippen molar-refractivity contribution in [3.05, 3.63) is 71.8 Å². The zero-order chi connectivity index (χ0) is 17.9. The van der Waals surface area contributed by atoms with Gasteiger partial charge in [-0.15, -0.1) is 0 Å². The minimum atomic E-state index is -0.290. The van der Waals surface area contributed by atoms with Gasteiger partial charge in [-0.3, -0.25) is 15.0 Å². The first-order valence-electron chi connectivity index (χ1n) is 9.08. The monoisotopic (exact) mass is 348 g/mol. The lowest BCUT2D eigenvalue weighted by Gasteiger charge is -2.15. The Labute approximate surface area is 153 Å². The standard InChI is InChI=1S/C21H24N4O/c1-15-9-20(24-23-15)10-19-13-25(14-21(19)26)12-16-4-6-17(7-5-16)18-3-2-8-22-11-18/h2-9,11,19,21,26H,10,12-14H2,1H3,(H,23,24)/t19-,21+/m1/s1. The summed E-state index contributed by atoms with van der Waals surface area (Å²) in [5.41, 5.74) is 5.67. The molecule has 4 rings (SSSR count). The number of aromatic amines is 1. The number of likely N-dealkylation sites (tertiary alicyclic amines) is 1. The van der Waals surface area contributed by atoms with Crippen LogP contribution in [0.15, 0.2) is 54.9 Å². The molecule has 3 heterocycles. The van der Waals surface area contributed by atoms with Gasteiger partial charge >= 0.3 is 0 Å². The van der Waals surface area contributed by atoms with Gasteiger partial charge in [0.15, 0.2) is 0 Å². The largest absolute Gasteiger partial charge is 0.391 e. The molecule has 1 aliphatic rings. The number of H-pyrrole nitrogens is 1. The van der Waals surface area contributed by atoms with Crippen LogP contribution in [-0.4, -0.2) is 44.4 Å². The third kappa shape index (κ3) is 3.84. The summed E-state index contributed by atoms with van der Waals surface area (Å²) in [6, 6.07) is 14.7. The van der Waals surface area contributed by atoms with Gasteiger partial charge in [0.2, 0.25) is 0 Å². The number of aliphatic hydroxyl groups excluding tert-OH is 1. The summed E-state index contributed by atoms with van der Waals surface area (Å²) >= 11 is 0. The van der Waals surface area contributed by atoms with E-state index in [9.17, 15) is 5.11 Å². The Morgan fingerprint density at radius 1 is 1.15 bits per heavy atom. The van der Waals surface area contributed by atoms with E-state index in [1.807, 2.05) is 19.2 Å². The van der Waals surface area contributed by atoms with Gasteiger partial charge in [0, 0.05) is 43.6 Å². The summed E-state index contributed by atoms with van der Waals surface area (Å²) in [5, 5.41) is 17.7. The molecule has 1 aliphatic heterocycles. The number of hydrogen-bond acceptors (Lipinski definition) is 4. The molecule has 2 aromatic heterocycles. The number of nitrogens with zero attached hydrogens (tertiary/aromatic N) is 3. The quantitative estimate of drug-likeness (QED) is 0.744. The Hall–Kier alpha value is -2.50. The first-order chi connectivity index (χ1) is 12.7. The molecule has 3 aromatic rings. The molecule has 1 saturated heterocycles. The van der Waals surface area contributed by atoms with Crippen molar-refractivity contribution in [3.63, 3.8) is 0 Å².